The topological polar surface area (TPSA) is 52.9 Å². The molecule has 0 radical (unpaired) electrons. The van der Waals surface area contributed by atoms with E-state index in [1.54, 1.807) is 12.1 Å². The summed E-state index contributed by atoms with van der Waals surface area (Å²) in [6.07, 6.45) is 0.304. The van der Waals surface area contributed by atoms with Crippen molar-refractivity contribution in [1.29, 1.82) is 5.26 Å². The Labute approximate surface area is 125 Å². The van der Waals surface area contributed by atoms with Gasteiger partial charge >= 0.3 is 0 Å². The molecule has 21 heavy (non-hydrogen) atoms. The van der Waals surface area contributed by atoms with Gasteiger partial charge in [0.15, 0.2) is 0 Å². The van der Waals surface area contributed by atoms with Crippen LogP contribution >= 0.6 is 0 Å². The van der Waals surface area contributed by atoms with Crippen molar-refractivity contribution in [2.24, 2.45) is 0 Å². The molecule has 0 heterocycles. The Morgan fingerprint density at radius 3 is 2.43 bits per heavy atom. The van der Waals surface area contributed by atoms with Crippen molar-refractivity contribution in [1.82, 2.24) is 0 Å². The van der Waals surface area contributed by atoms with Crippen molar-refractivity contribution in [3.8, 4) is 6.07 Å². The molecule has 0 atom stereocenters. The zero-order valence-electron chi connectivity index (χ0n) is 12.3. The van der Waals surface area contributed by atoms with E-state index >= 15 is 0 Å². The normalized spacial score (nSPS) is 10.2. The van der Waals surface area contributed by atoms with E-state index in [9.17, 15) is 4.79 Å². The lowest BCUT2D eigenvalue weighted by Gasteiger charge is -2.13. The lowest BCUT2D eigenvalue weighted by atomic mass is 10.0. The summed E-state index contributed by atoms with van der Waals surface area (Å²) in [6.45, 7) is 4.21. The molecular weight excluding hydrogens is 260 g/mol. The minimum absolute atomic E-state index is 0.0483. The van der Waals surface area contributed by atoms with Crippen molar-refractivity contribution >= 4 is 11.6 Å². The van der Waals surface area contributed by atoms with Gasteiger partial charge in [-0.15, -0.1) is 0 Å². The summed E-state index contributed by atoms with van der Waals surface area (Å²) in [5, 5.41) is 11.7. The van der Waals surface area contributed by atoms with Crippen LogP contribution in [0.5, 0.6) is 0 Å². The van der Waals surface area contributed by atoms with Crippen molar-refractivity contribution in [2.75, 3.05) is 5.32 Å². The van der Waals surface area contributed by atoms with Gasteiger partial charge in [-0.1, -0.05) is 44.2 Å². The minimum Gasteiger partial charge on any atom is -0.326 e. The minimum atomic E-state index is -0.0483. The second kappa shape index (κ2) is 6.71. The standard InChI is InChI=1S/C18H18N2O/c1-13(2)16-5-3-4-6-17(16)20-18(21)11-14-7-9-15(12-19)10-8-14/h3-10,13H,11H2,1-2H3,(H,20,21). The Morgan fingerprint density at radius 1 is 1.14 bits per heavy atom. The van der Waals surface area contributed by atoms with E-state index < -0.39 is 0 Å². The highest BCUT2D eigenvalue weighted by Gasteiger charge is 2.09. The third kappa shape index (κ3) is 3.93. The maximum Gasteiger partial charge on any atom is 0.228 e. The lowest BCUT2D eigenvalue weighted by molar-refractivity contribution is -0.115. The monoisotopic (exact) mass is 278 g/mol. The van der Waals surface area contributed by atoms with Gasteiger partial charge in [0.05, 0.1) is 18.1 Å². The fraction of sp³-hybridized carbons (Fsp3) is 0.222. The molecule has 0 unspecified atom stereocenters. The number of nitrogens with zero attached hydrogens (tertiary/aromatic N) is 1. The summed E-state index contributed by atoms with van der Waals surface area (Å²) < 4.78 is 0. The number of hydrogen-bond donors (Lipinski definition) is 1. The van der Waals surface area contributed by atoms with Crippen molar-refractivity contribution in [3.63, 3.8) is 0 Å². The highest BCUT2D eigenvalue weighted by atomic mass is 16.1. The van der Waals surface area contributed by atoms with Gasteiger partial charge in [0.2, 0.25) is 5.91 Å². The van der Waals surface area contributed by atoms with Crippen LogP contribution in [0.2, 0.25) is 0 Å². The first-order valence-electron chi connectivity index (χ1n) is 6.98. The Kier molecular flexibility index (Phi) is 4.73. The fourth-order valence-electron chi connectivity index (χ4n) is 2.19. The number of carbonyl (C=O) groups is 1. The molecule has 0 saturated carbocycles. The molecule has 2 aromatic rings. The molecule has 1 amide bonds. The Balaban J connectivity index is 2.06. The summed E-state index contributed by atoms with van der Waals surface area (Å²) in [7, 11) is 0. The number of hydrogen-bond acceptors (Lipinski definition) is 2. The number of nitrogens with one attached hydrogen (secondary N) is 1. The fourth-order valence-corrected chi connectivity index (χ4v) is 2.19. The largest absolute Gasteiger partial charge is 0.326 e. The summed E-state index contributed by atoms with van der Waals surface area (Å²) in [6, 6.07) is 17.0. The van der Waals surface area contributed by atoms with Crippen LogP contribution in [0.1, 0.15) is 36.5 Å². The third-order valence-electron chi connectivity index (χ3n) is 3.30. The number of carbonyl (C=O) groups excluding carboxylic acids is 1. The summed E-state index contributed by atoms with van der Waals surface area (Å²) >= 11 is 0. The van der Waals surface area contributed by atoms with Gasteiger partial charge in [0.1, 0.15) is 0 Å². The van der Waals surface area contributed by atoms with Crippen LogP contribution in [0.3, 0.4) is 0 Å². The molecule has 106 valence electrons. The Bertz CT molecular complexity index is 666. The van der Waals surface area contributed by atoms with Gasteiger partial charge in [-0.25, -0.2) is 0 Å². The number of anilines is 1. The smallest absolute Gasteiger partial charge is 0.228 e. The van der Waals surface area contributed by atoms with Crippen LogP contribution < -0.4 is 5.32 Å². The molecule has 1 N–H and O–H groups in total. The van der Waals surface area contributed by atoms with Crippen molar-refractivity contribution in [3.05, 3.63) is 65.2 Å². The molecule has 2 rings (SSSR count). The van der Waals surface area contributed by atoms with Crippen molar-refractivity contribution in [2.45, 2.75) is 26.2 Å². The van der Waals surface area contributed by atoms with Gasteiger partial charge in [-0.3, -0.25) is 4.79 Å². The van der Waals surface area contributed by atoms with E-state index in [0.29, 0.717) is 17.9 Å². The third-order valence-corrected chi connectivity index (χ3v) is 3.30. The predicted octanol–water partition coefficient (Wildman–Crippen LogP) is 3.86. The molecule has 0 aliphatic carbocycles. The van der Waals surface area contributed by atoms with Crippen LogP contribution in [0.4, 0.5) is 5.69 Å². The average Bonchev–Trinajstić information content (AvgIpc) is 2.48. The summed E-state index contributed by atoms with van der Waals surface area (Å²) in [5.41, 5.74) is 3.50. The average molecular weight is 278 g/mol. The maximum atomic E-state index is 12.1. The number of nitriles is 1. The second-order valence-electron chi connectivity index (χ2n) is 5.28. The molecule has 2 aromatic carbocycles. The molecule has 0 fully saturated rings. The molecule has 0 spiro atoms. The first-order valence-corrected chi connectivity index (χ1v) is 6.98. The van der Waals surface area contributed by atoms with Gasteiger partial charge < -0.3 is 5.32 Å². The number of amides is 1. The zero-order chi connectivity index (χ0) is 15.2. The molecule has 3 heteroatoms. The highest BCUT2D eigenvalue weighted by Crippen LogP contribution is 2.23. The van der Waals surface area contributed by atoms with Gasteiger partial charge in [-0.2, -0.15) is 5.26 Å². The van der Waals surface area contributed by atoms with E-state index in [1.165, 1.54) is 0 Å². The number of para-hydroxylation sites is 1. The zero-order valence-corrected chi connectivity index (χ0v) is 12.3. The van der Waals surface area contributed by atoms with Crippen LogP contribution in [0.15, 0.2) is 48.5 Å². The maximum absolute atomic E-state index is 12.1. The first kappa shape index (κ1) is 14.8. The summed E-state index contributed by atoms with van der Waals surface area (Å²) in [5.74, 6) is 0.309. The van der Waals surface area contributed by atoms with E-state index in [0.717, 1.165) is 16.8 Å². The van der Waals surface area contributed by atoms with E-state index in [-0.39, 0.29) is 5.91 Å². The van der Waals surface area contributed by atoms with Crippen molar-refractivity contribution < 1.29 is 4.79 Å². The number of benzene rings is 2. The molecule has 3 nitrogen and oxygen atoms in total. The highest BCUT2D eigenvalue weighted by molar-refractivity contribution is 5.93. The Morgan fingerprint density at radius 2 is 1.81 bits per heavy atom. The SMILES string of the molecule is CC(C)c1ccccc1NC(=O)Cc1ccc(C#N)cc1. The molecule has 0 aromatic heterocycles. The van der Waals surface area contributed by atoms with Gasteiger partial charge in [-0.05, 0) is 35.2 Å². The van der Waals surface area contributed by atoms with Gasteiger partial charge in [0, 0.05) is 5.69 Å². The lowest BCUT2D eigenvalue weighted by Crippen LogP contribution is -2.15. The Hall–Kier alpha value is -2.60. The molecule has 0 aliphatic rings. The quantitative estimate of drug-likeness (QED) is 0.923. The van der Waals surface area contributed by atoms with Crippen LogP contribution in [-0.4, -0.2) is 5.91 Å². The molecule has 0 aliphatic heterocycles. The van der Waals surface area contributed by atoms with Crippen LogP contribution in [0, 0.1) is 11.3 Å². The summed E-state index contributed by atoms with van der Waals surface area (Å²) in [4.78, 5) is 12.1. The first-order chi connectivity index (χ1) is 10.1. The number of rotatable bonds is 4. The molecule has 0 bridgehead atoms. The van der Waals surface area contributed by atoms with E-state index in [4.69, 9.17) is 5.26 Å². The molecule has 0 saturated heterocycles. The van der Waals surface area contributed by atoms with Crippen LogP contribution in [0.25, 0.3) is 0 Å². The predicted molar refractivity (Wildman–Crippen MR) is 84.0 cm³/mol. The van der Waals surface area contributed by atoms with E-state index in [2.05, 4.69) is 25.2 Å². The van der Waals surface area contributed by atoms with E-state index in [1.807, 2.05) is 36.4 Å². The van der Waals surface area contributed by atoms with Gasteiger partial charge in [0.25, 0.3) is 0 Å². The molecular formula is C18H18N2O. The van der Waals surface area contributed by atoms with Crippen LogP contribution in [-0.2, 0) is 11.2 Å². The second-order valence-corrected chi connectivity index (χ2v) is 5.28.